The molecule has 12 heteroatoms. The summed E-state index contributed by atoms with van der Waals surface area (Å²) in [5.74, 6) is -0.607. The van der Waals surface area contributed by atoms with Crippen LogP contribution in [0.4, 0.5) is 17.1 Å². The molecule has 0 saturated heterocycles. The molecule has 0 aliphatic heterocycles. The summed E-state index contributed by atoms with van der Waals surface area (Å²) in [5, 5.41) is 23.3. The molecule has 0 aromatic heterocycles. The minimum absolute atomic E-state index is 0.00981. The molecule has 38 heavy (non-hydrogen) atoms. The molecular formula is C26H21Cl2N3O6S. The highest BCUT2D eigenvalue weighted by Crippen LogP contribution is 2.40. The van der Waals surface area contributed by atoms with Crippen LogP contribution in [-0.2, 0) is 10.1 Å². The molecule has 4 rings (SSSR count). The molecule has 1 amide bonds. The van der Waals surface area contributed by atoms with Crippen LogP contribution in [0.15, 0.2) is 75.8 Å². The summed E-state index contributed by atoms with van der Waals surface area (Å²) in [4.78, 5) is 12.7. The Labute approximate surface area is 228 Å². The van der Waals surface area contributed by atoms with E-state index in [0.717, 1.165) is 6.07 Å². The van der Waals surface area contributed by atoms with E-state index in [1.165, 1.54) is 25.1 Å². The van der Waals surface area contributed by atoms with Gasteiger partial charge in [0.15, 0.2) is 5.75 Å². The lowest BCUT2D eigenvalue weighted by atomic mass is 10.0. The number of halogens is 2. The van der Waals surface area contributed by atoms with E-state index in [1.807, 2.05) is 6.92 Å². The number of aromatic hydroxyl groups is 1. The quantitative estimate of drug-likeness (QED) is 0.155. The van der Waals surface area contributed by atoms with Crippen LogP contribution in [0.1, 0.15) is 22.8 Å². The largest absolute Gasteiger partial charge is 0.505 e. The molecule has 0 unspecified atom stereocenters. The first-order valence-corrected chi connectivity index (χ1v) is 13.4. The van der Waals surface area contributed by atoms with Gasteiger partial charge >= 0.3 is 0 Å². The molecule has 3 N–H and O–H groups in total. The lowest BCUT2D eigenvalue weighted by molar-refractivity contribution is 0.102. The molecule has 4 aromatic rings. The summed E-state index contributed by atoms with van der Waals surface area (Å²) < 4.78 is 38.4. The lowest BCUT2D eigenvalue weighted by Gasteiger charge is -2.12. The summed E-state index contributed by atoms with van der Waals surface area (Å²) in [7, 11) is -4.57. The second-order valence-corrected chi connectivity index (χ2v) is 10.3. The van der Waals surface area contributed by atoms with Crippen LogP contribution >= 0.6 is 23.2 Å². The van der Waals surface area contributed by atoms with Crippen molar-refractivity contribution >= 4 is 67.1 Å². The Kier molecular flexibility index (Phi) is 7.89. The highest BCUT2D eigenvalue weighted by atomic mass is 35.5. The number of carbonyl (C=O) groups excluding carboxylic acids is 1. The van der Waals surface area contributed by atoms with Gasteiger partial charge in [0, 0.05) is 16.1 Å². The zero-order chi connectivity index (χ0) is 27.6. The van der Waals surface area contributed by atoms with Crippen LogP contribution in [0.3, 0.4) is 0 Å². The second-order valence-electron chi connectivity index (χ2n) is 8.10. The molecule has 0 spiro atoms. The van der Waals surface area contributed by atoms with Crippen molar-refractivity contribution in [3.05, 3.63) is 81.8 Å². The predicted octanol–water partition coefficient (Wildman–Crippen LogP) is 7.47. The van der Waals surface area contributed by atoms with Crippen molar-refractivity contribution < 1.29 is 27.6 Å². The maximum atomic E-state index is 13.1. The molecule has 0 atom stereocenters. The number of fused-ring (bicyclic) bond motifs is 1. The highest BCUT2D eigenvalue weighted by Gasteiger charge is 2.20. The number of benzene rings is 4. The number of amides is 1. The Balaban J connectivity index is 1.76. The minimum atomic E-state index is -4.57. The first-order chi connectivity index (χ1) is 18.0. The summed E-state index contributed by atoms with van der Waals surface area (Å²) in [5.41, 5.74) is 0.433. The SMILES string of the molecule is CCOc1ccc(NC(=O)c2cc3ccccc3c(N=Nc3cc(Cl)c(C)c(S(=O)(=O)O)c3)c2O)cc1Cl. The fourth-order valence-corrected chi connectivity index (χ4v) is 4.99. The third-order valence-corrected chi connectivity index (χ3v) is 7.22. The van der Waals surface area contributed by atoms with E-state index in [9.17, 15) is 22.9 Å². The monoisotopic (exact) mass is 573 g/mol. The van der Waals surface area contributed by atoms with E-state index < -0.39 is 26.7 Å². The Bertz CT molecular complexity index is 1710. The molecule has 0 saturated carbocycles. The number of azo groups is 1. The molecular weight excluding hydrogens is 553 g/mol. The summed E-state index contributed by atoms with van der Waals surface area (Å²) in [6, 6.07) is 15.6. The number of rotatable bonds is 7. The van der Waals surface area contributed by atoms with Gasteiger partial charge in [-0.05, 0) is 61.2 Å². The number of phenolic OH excluding ortho intramolecular Hbond substituents is 1. The Morgan fingerprint density at radius 2 is 1.76 bits per heavy atom. The molecule has 196 valence electrons. The van der Waals surface area contributed by atoms with Crippen LogP contribution in [0.2, 0.25) is 10.0 Å². The molecule has 0 fully saturated rings. The van der Waals surface area contributed by atoms with Crippen molar-refractivity contribution in [2.24, 2.45) is 10.2 Å². The number of nitrogens with one attached hydrogen (secondary N) is 1. The second kappa shape index (κ2) is 11.0. The number of anilines is 1. The number of ether oxygens (including phenoxy) is 1. The highest BCUT2D eigenvalue weighted by molar-refractivity contribution is 7.85. The lowest BCUT2D eigenvalue weighted by Crippen LogP contribution is -2.12. The van der Waals surface area contributed by atoms with Crippen molar-refractivity contribution in [3.8, 4) is 11.5 Å². The maximum Gasteiger partial charge on any atom is 0.294 e. The molecule has 0 radical (unpaired) electrons. The zero-order valence-corrected chi connectivity index (χ0v) is 22.4. The van der Waals surface area contributed by atoms with Crippen LogP contribution in [0, 0.1) is 6.92 Å². The van der Waals surface area contributed by atoms with E-state index >= 15 is 0 Å². The fourth-order valence-electron chi connectivity index (χ4n) is 3.71. The van der Waals surface area contributed by atoms with Crippen LogP contribution < -0.4 is 10.1 Å². The first-order valence-electron chi connectivity index (χ1n) is 11.2. The number of phenols is 1. The average Bonchev–Trinajstić information content (AvgIpc) is 2.86. The average molecular weight is 574 g/mol. The van der Waals surface area contributed by atoms with Crippen LogP contribution in [0.5, 0.6) is 11.5 Å². The van der Waals surface area contributed by atoms with Gasteiger partial charge in [-0.15, -0.1) is 5.11 Å². The molecule has 0 bridgehead atoms. The zero-order valence-electron chi connectivity index (χ0n) is 20.1. The summed E-state index contributed by atoms with van der Waals surface area (Å²) >= 11 is 12.3. The smallest absolute Gasteiger partial charge is 0.294 e. The Morgan fingerprint density at radius 1 is 1.03 bits per heavy atom. The van der Waals surface area contributed by atoms with Crippen molar-refractivity contribution in [3.63, 3.8) is 0 Å². The molecule has 0 heterocycles. The maximum absolute atomic E-state index is 13.1. The Hall–Kier alpha value is -3.70. The summed E-state index contributed by atoms with van der Waals surface area (Å²) in [6.07, 6.45) is 0. The van der Waals surface area contributed by atoms with Gasteiger partial charge in [0.05, 0.1) is 22.9 Å². The molecule has 0 aliphatic carbocycles. The van der Waals surface area contributed by atoms with Crippen LogP contribution in [0.25, 0.3) is 10.8 Å². The molecule has 9 nitrogen and oxygen atoms in total. The fraction of sp³-hybridized carbons (Fsp3) is 0.115. The van der Waals surface area contributed by atoms with Crippen molar-refractivity contribution in [1.29, 1.82) is 0 Å². The first kappa shape index (κ1) is 27.3. The topological polar surface area (TPSA) is 138 Å². The third-order valence-electron chi connectivity index (χ3n) is 5.55. The van der Waals surface area contributed by atoms with Crippen molar-refractivity contribution in [2.45, 2.75) is 18.7 Å². The van der Waals surface area contributed by atoms with Crippen molar-refractivity contribution in [1.82, 2.24) is 0 Å². The van der Waals surface area contributed by atoms with Gasteiger partial charge in [-0.3, -0.25) is 9.35 Å². The van der Waals surface area contributed by atoms with Crippen LogP contribution in [-0.4, -0.2) is 30.6 Å². The minimum Gasteiger partial charge on any atom is -0.505 e. The van der Waals surface area contributed by atoms with Gasteiger partial charge in [-0.25, -0.2) is 0 Å². The van der Waals surface area contributed by atoms with Gasteiger partial charge in [0.1, 0.15) is 16.3 Å². The van der Waals surface area contributed by atoms with E-state index in [2.05, 4.69) is 15.5 Å². The molecule has 0 aliphatic rings. The predicted molar refractivity (Wildman–Crippen MR) is 146 cm³/mol. The third kappa shape index (κ3) is 5.73. The number of hydrogen-bond acceptors (Lipinski definition) is 7. The van der Waals surface area contributed by atoms with Gasteiger partial charge in [-0.1, -0.05) is 47.5 Å². The van der Waals surface area contributed by atoms with Gasteiger partial charge in [-0.2, -0.15) is 13.5 Å². The van der Waals surface area contributed by atoms with Gasteiger partial charge < -0.3 is 15.2 Å². The van der Waals surface area contributed by atoms with Gasteiger partial charge in [0.2, 0.25) is 0 Å². The Morgan fingerprint density at radius 3 is 2.45 bits per heavy atom. The van der Waals surface area contributed by atoms with Gasteiger partial charge in [0.25, 0.3) is 16.0 Å². The van der Waals surface area contributed by atoms with E-state index in [-0.39, 0.29) is 27.5 Å². The number of carbonyl (C=O) groups is 1. The summed E-state index contributed by atoms with van der Waals surface area (Å²) in [6.45, 7) is 3.69. The molecule has 4 aromatic carbocycles. The van der Waals surface area contributed by atoms with E-state index in [0.29, 0.717) is 33.8 Å². The van der Waals surface area contributed by atoms with E-state index in [1.54, 1.807) is 36.4 Å². The normalized spacial score (nSPS) is 11.7. The standard InChI is InChI=1S/C26H21Cl2N3O6S/c1-3-37-22-9-8-16(11-21(22)28)29-26(33)19-10-15-6-4-5-7-18(15)24(25(19)32)31-30-17-12-20(27)14(2)23(13-17)38(34,35)36/h4-13,32H,3H2,1-2H3,(H,29,33)(H,34,35,36). The van der Waals surface area contributed by atoms with E-state index in [4.69, 9.17) is 27.9 Å². The number of hydrogen-bond donors (Lipinski definition) is 3. The number of nitrogens with zero attached hydrogens (tertiary/aromatic N) is 2. The van der Waals surface area contributed by atoms with Crippen molar-refractivity contribution in [2.75, 3.05) is 11.9 Å².